The number of carbonyl (C=O) groups is 3. The summed E-state index contributed by atoms with van der Waals surface area (Å²) in [6.07, 6.45) is -2.45. The second kappa shape index (κ2) is 7.41. The molecule has 1 aromatic rings. The lowest BCUT2D eigenvalue weighted by atomic mass is 9.70. The summed E-state index contributed by atoms with van der Waals surface area (Å²) in [6, 6.07) is 4.38. The van der Waals surface area contributed by atoms with E-state index in [4.69, 9.17) is 5.11 Å². The summed E-state index contributed by atoms with van der Waals surface area (Å²) in [5.74, 6) is -3.47. The molecule has 0 atom stereocenters. The molecule has 0 radical (unpaired) electrons. The molecule has 0 unspecified atom stereocenters. The summed E-state index contributed by atoms with van der Waals surface area (Å²) in [4.78, 5) is 37.3. The molecule has 156 valence electrons. The van der Waals surface area contributed by atoms with Gasteiger partial charge in [-0.05, 0) is 37.0 Å². The lowest BCUT2D eigenvalue weighted by Crippen LogP contribution is -2.60. The van der Waals surface area contributed by atoms with Crippen LogP contribution in [0, 0.1) is 0 Å². The lowest BCUT2D eigenvalue weighted by molar-refractivity contribution is -0.145. The van der Waals surface area contributed by atoms with Crippen LogP contribution in [0.15, 0.2) is 35.6 Å². The minimum Gasteiger partial charge on any atom is -0.511 e. The smallest absolute Gasteiger partial charge is 0.416 e. The predicted molar refractivity (Wildman–Crippen MR) is 93.5 cm³/mol. The molecule has 29 heavy (non-hydrogen) atoms. The summed E-state index contributed by atoms with van der Waals surface area (Å²) < 4.78 is 38.3. The fraction of sp³-hybridized carbons (Fsp3) is 0.421. The van der Waals surface area contributed by atoms with Crippen molar-refractivity contribution in [2.75, 3.05) is 6.54 Å². The summed E-state index contributed by atoms with van der Waals surface area (Å²) in [7, 11) is 0. The molecule has 0 saturated heterocycles. The number of amides is 2. The molecule has 1 aromatic carbocycles. The first-order valence-electron chi connectivity index (χ1n) is 8.94. The van der Waals surface area contributed by atoms with E-state index in [1.807, 2.05) is 0 Å². The molecule has 0 bridgehead atoms. The summed E-state index contributed by atoms with van der Waals surface area (Å²) >= 11 is 0. The normalized spacial score (nSPS) is 18.6. The van der Waals surface area contributed by atoms with E-state index in [0.29, 0.717) is 18.4 Å². The van der Waals surface area contributed by atoms with E-state index >= 15 is 0 Å². The van der Waals surface area contributed by atoms with Crippen LogP contribution in [0.5, 0.6) is 0 Å². The summed E-state index contributed by atoms with van der Waals surface area (Å²) in [5, 5.41) is 21.0. The maximum Gasteiger partial charge on any atom is 0.416 e. The molecule has 1 fully saturated rings. The van der Waals surface area contributed by atoms with Crippen molar-refractivity contribution in [1.29, 1.82) is 0 Å². The SMILES string of the molecule is O=C(O)CNC(=O)C1=C(O)CC2(CCC2)N(Cc2ccc(C(F)(F)F)cc2)C1=O. The highest BCUT2D eigenvalue weighted by molar-refractivity contribution is 6.19. The maximum absolute atomic E-state index is 13.0. The van der Waals surface area contributed by atoms with Gasteiger partial charge in [0.05, 0.1) is 11.1 Å². The van der Waals surface area contributed by atoms with Crippen molar-refractivity contribution in [1.82, 2.24) is 10.2 Å². The minimum atomic E-state index is -4.47. The predicted octanol–water partition coefficient (Wildman–Crippen LogP) is 2.37. The van der Waals surface area contributed by atoms with Crippen molar-refractivity contribution >= 4 is 17.8 Å². The second-order valence-electron chi connectivity index (χ2n) is 7.24. The molecule has 3 rings (SSSR count). The van der Waals surface area contributed by atoms with Gasteiger partial charge in [-0.15, -0.1) is 0 Å². The Balaban J connectivity index is 1.85. The van der Waals surface area contributed by atoms with Crippen LogP contribution in [-0.4, -0.2) is 45.0 Å². The molecule has 2 amide bonds. The zero-order valence-corrected chi connectivity index (χ0v) is 15.3. The van der Waals surface area contributed by atoms with Crippen LogP contribution < -0.4 is 5.32 Å². The number of aliphatic carboxylic acids is 1. The topological polar surface area (TPSA) is 107 Å². The monoisotopic (exact) mass is 412 g/mol. The Bertz CT molecular complexity index is 873. The molecular formula is C19H19F3N2O5. The Kier molecular flexibility index (Phi) is 5.29. The zero-order chi connectivity index (χ0) is 21.4. The molecule has 1 saturated carbocycles. The number of halogens is 3. The molecule has 1 aliphatic heterocycles. The van der Waals surface area contributed by atoms with Gasteiger partial charge in [-0.25, -0.2) is 0 Å². The Morgan fingerprint density at radius 2 is 1.79 bits per heavy atom. The highest BCUT2D eigenvalue weighted by Gasteiger charge is 2.51. The first-order valence-corrected chi connectivity index (χ1v) is 8.94. The number of hydrogen-bond acceptors (Lipinski definition) is 4. The zero-order valence-electron chi connectivity index (χ0n) is 15.3. The largest absolute Gasteiger partial charge is 0.511 e. The van der Waals surface area contributed by atoms with Gasteiger partial charge in [0.2, 0.25) is 0 Å². The number of nitrogens with zero attached hydrogens (tertiary/aromatic N) is 1. The number of hydrogen-bond donors (Lipinski definition) is 3. The van der Waals surface area contributed by atoms with Gasteiger partial charge in [-0.3, -0.25) is 14.4 Å². The quantitative estimate of drug-likeness (QED) is 0.644. The highest BCUT2D eigenvalue weighted by Crippen LogP contribution is 2.46. The van der Waals surface area contributed by atoms with Gasteiger partial charge >= 0.3 is 12.1 Å². The first kappa shape index (κ1) is 20.7. The number of carboxylic acids is 1. The van der Waals surface area contributed by atoms with Crippen LogP contribution in [-0.2, 0) is 27.1 Å². The van der Waals surface area contributed by atoms with Crippen LogP contribution in [0.2, 0.25) is 0 Å². The average molecular weight is 412 g/mol. The van der Waals surface area contributed by atoms with Crippen LogP contribution >= 0.6 is 0 Å². The van der Waals surface area contributed by atoms with Gasteiger partial charge in [-0.2, -0.15) is 13.2 Å². The van der Waals surface area contributed by atoms with Gasteiger partial charge in [0.15, 0.2) is 0 Å². The van der Waals surface area contributed by atoms with Gasteiger partial charge in [0.25, 0.3) is 11.8 Å². The fourth-order valence-corrected chi connectivity index (χ4v) is 3.69. The molecule has 1 aliphatic carbocycles. The molecule has 7 nitrogen and oxygen atoms in total. The molecule has 2 aliphatic rings. The number of alkyl halides is 3. The molecule has 1 spiro atoms. The van der Waals surface area contributed by atoms with Crippen LogP contribution in [0.4, 0.5) is 13.2 Å². The van der Waals surface area contributed by atoms with Crippen molar-refractivity contribution in [2.24, 2.45) is 0 Å². The van der Waals surface area contributed by atoms with Crippen molar-refractivity contribution in [3.05, 3.63) is 46.7 Å². The molecule has 10 heteroatoms. The van der Waals surface area contributed by atoms with Crippen LogP contribution in [0.3, 0.4) is 0 Å². The van der Waals surface area contributed by atoms with Gasteiger partial charge < -0.3 is 20.4 Å². The number of carbonyl (C=O) groups excluding carboxylic acids is 2. The van der Waals surface area contributed by atoms with E-state index in [9.17, 15) is 32.7 Å². The third-order valence-electron chi connectivity index (χ3n) is 5.35. The van der Waals surface area contributed by atoms with Crippen LogP contribution in [0.1, 0.15) is 36.8 Å². The first-order chi connectivity index (χ1) is 13.5. The van der Waals surface area contributed by atoms with E-state index in [1.54, 1.807) is 0 Å². The number of rotatable bonds is 5. The Morgan fingerprint density at radius 1 is 1.17 bits per heavy atom. The molecular weight excluding hydrogens is 393 g/mol. The number of benzene rings is 1. The van der Waals surface area contributed by atoms with Gasteiger partial charge in [0.1, 0.15) is 17.9 Å². The number of aliphatic hydroxyl groups is 1. The second-order valence-corrected chi connectivity index (χ2v) is 7.24. The molecule has 0 aromatic heterocycles. The number of carboxylic acid groups (broad SMARTS) is 1. The highest BCUT2D eigenvalue weighted by atomic mass is 19.4. The Morgan fingerprint density at radius 3 is 2.28 bits per heavy atom. The third-order valence-corrected chi connectivity index (χ3v) is 5.35. The van der Waals surface area contributed by atoms with E-state index in [-0.39, 0.29) is 13.0 Å². The van der Waals surface area contributed by atoms with E-state index in [0.717, 1.165) is 18.6 Å². The average Bonchev–Trinajstić information content (AvgIpc) is 2.60. The summed E-state index contributed by atoms with van der Waals surface area (Å²) in [5.41, 5.74) is -1.59. The molecule has 3 N–H and O–H groups in total. The number of nitrogens with one attached hydrogen (secondary N) is 1. The van der Waals surface area contributed by atoms with Gasteiger partial charge in [0, 0.05) is 13.0 Å². The van der Waals surface area contributed by atoms with Gasteiger partial charge in [-0.1, -0.05) is 12.1 Å². The standard InChI is InChI=1S/C19H19F3N2O5/c20-19(21,22)12-4-2-11(3-5-12)10-24-17(29)15(16(28)23-9-14(26)27)13(25)8-18(24)6-1-7-18/h2-5,25H,1,6-10H2,(H,23,28)(H,26,27). The van der Waals surface area contributed by atoms with Crippen molar-refractivity contribution in [2.45, 2.75) is 43.9 Å². The molecule has 1 heterocycles. The third kappa shape index (κ3) is 4.06. The Labute approximate surface area is 163 Å². The van der Waals surface area contributed by atoms with Crippen molar-refractivity contribution in [3.63, 3.8) is 0 Å². The van der Waals surface area contributed by atoms with E-state index in [1.165, 1.54) is 17.0 Å². The van der Waals surface area contributed by atoms with E-state index < -0.39 is 52.9 Å². The van der Waals surface area contributed by atoms with Crippen molar-refractivity contribution in [3.8, 4) is 0 Å². The maximum atomic E-state index is 13.0. The fourth-order valence-electron chi connectivity index (χ4n) is 3.69. The van der Waals surface area contributed by atoms with Crippen molar-refractivity contribution < 1.29 is 37.8 Å². The van der Waals surface area contributed by atoms with E-state index in [2.05, 4.69) is 5.32 Å². The summed E-state index contributed by atoms with van der Waals surface area (Å²) in [6.45, 7) is -0.743. The Hall–Kier alpha value is -3.04. The number of aliphatic hydroxyl groups excluding tert-OH is 1. The van der Waals surface area contributed by atoms with Crippen LogP contribution in [0.25, 0.3) is 0 Å². The minimum absolute atomic E-state index is 0.0278. The lowest BCUT2D eigenvalue weighted by Gasteiger charge is -2.52.